The first-order valence-corrected chi connectivity index (χ1v) is 9.98. The van der Waals surface area contributed by atoms with Crippen LogP contribution in [0.2, 0.25) is 0 Å². The molecular weight excluding hydrogens is 380 g/mol. The zero-order chi connectivity index (χ0) is 21.6. The number of benzene rings is 2. The first-order valence-electron chi connectivity index (χ1n) is 9.98. The van der Waals surface area contributed by atoms with Crippen molar-refractivity contribution in [2.75, 3.05) is 26.3 Å². The van der Waals surface area contributed by atoms with E-state index in [4.69, 9.17) is 9.47 Å². The smallest absolute Gasteiger partial charge is 0.244 e. The van der Waals surface area contributed by atoms with Gasteiger partial charge in [0.25, 0.3) is 0 Å². The summed E-state index contributed by atoms with van der Waals surface area (Å²) < 4.78 is 10.8. The summed E-state index contributed by atoms with van der Waals surface area (Å²) in [5.74, 6) is 1.16. The quantitative estimate of drug-likeness (QED) is 0.441. The second-order valence-corrected chi connectivity index (χ2v) is 6.25. The van der Waals surface area contributed by atoms with E-state index in [1.54, 1.807) is 12.2 Å². The summed E-state index contributed by atoms with van der Waals surface area (Å²) in [6.45, 7) is 5.78. The van der Waals surface area contributed by atoms with Crippen LogP contribution in [0.5, 0.6) is 11.5 Å². The van der Waals surface area contributed by atoms with E-state index in [1.165, 1.54) is 12.2 Å². The summed E-state index contributed by atoms with van der Waals surface area (Å²) in [7, 11) is 0. The maximum absolute atomic E-state index is 11.9. The number of carbonyl (C=O) groups excluding carboxylic acids is 2. The molecule has 0 bridgehead atoms. The van der Waals surface area contributed by atoms with Gasteiger partial charge in [0, 0.05) is 25.2 Å². The lowest BCUT2D eigenvalue weighted by atomic mass is 10.2. The van der Waals surface area contributed by atoms with E-state index in [0.717, 1.165) is 22.6 Å². The van der Waals surface area contributed by atoms with E-state index in [0.29, 0.717) is 26.3 Å². The second-order valence-electron chi connectivity index (χ2n) is 6.25. The van der Waals surface area contributed by atoms with Crippen molar-refractivity contribution >= 4 is 24.0 Å². The first-order chi connectivity index (χ1) is 14.6. The fourth-order valence-electron chi connectivity index (χ4n) is 2.52. The third-order valence-corrected chi connectivity index (χ3v) is 3.96. The lowest BCUT2D eigenvalue weighted by Gasteiger charge is -2.04. The molecule has 0 atom stereocenters. The number of ether oxygens (including phenoxy) is 2. The minimum atomic E-state index is -0.219. The molecule has 2 N–H and O–H groups in total. The molecule has 30 heavy (non-hydrogen) atoms. The summed E-state index contributed by atoms with van der Waals surface area (Å²) in [6.07, 6.45) is 6.37. The van der Waals surface area contributed by atoms with Crippen molar-refractivity contribution in [3.63, 3.8) is 0 Å². The van der Waals surface area contributed by atoms with Crippen LogP contribution in [0.4, 0.5) is 0 Å². The molecule has 2 aromatic rings. The van der Waals surface area contributed by atoms with Crippen LogP contribution in [0.25, 0.3) is 12.2 Å². The van der Waals surface area contributed by atoms with Gasteiger partial charge in [-0.05, 0) is 61.4 Å². The summed E-state index contributed by atoms with van der Waals surface area (Å²) in [6, 6.07) is 15.0. The van der Waals surface area contributed by atoms with Gasteiger partial charge in [-0.2, -0.15) is 0 Å². The van der Waals surface area contributed by atoms with Crippen molar-refractivity contribution in [3.8, 4) is 11.5 Å². The standard InChI is InChI=1S/C24H28N2O4/c1-3-29-21-11-5-19(6-12-21)9-15-23(27)25-17-18-26-24(28)16-10-20-7-13-22(14-8-20)30-4-2/h5-16H,3-4,17-18H2,1-2H3,(H,25,27)(H,26,28)/b15-9+,16-10+. The molecule has 158 valence electrons. The summed E-state index contributed by atoms with van der Waals surface area (Å²) in [5.41, 5.74) is 1.81. The molecule has 0 aliphatic carbocycles. The van der Waals surface area contributed by atoms with Crippen molar-refractivity contribution in [3.05, 3.63) is 71.8 Å². The van der Waals surface area contributed by atoms with Crippen molar-refractivity contribution in [2.24, 2.45) is 0 Å². The molecule has 0 saturated carbocycles. The van der Waals surface area contributed by atoms with E-state index in [1.807, 2.05) is 62.4 Å². The molecular formula is C24H28N2O4. The summed E-state index contributed by atoms with van der Waals surface area (Å²) in [5, 5.41) is 5.46. The van der Waals surface area contributed by atoms with Crippen LogP contribution in [-0.2, 0) is 9.59 Å². The summed E-state index contributed by atoms with van der Waals surface area (Å²) in [4.78, 5) is 23.7. The number of hydrogen-bond donors (Lipinski definition) is 2. The molecule has 0 aromatic heterocycles. The van der Waals surface area contributed by atoms with Crippen LogP contribution in [-0.4, -0.2) is 38.1 Å². The molecule has 0 spiro atoms. The lowest BCUT2D eigenvalue weighted by molar-refractivity contribution is -0.118. The van der Waals surface area contributed by atoms with E-state index < -0.39 is 0 Å². The van der Waals surface area contributed by atoms with Crippen LogP contribution >= 0.6 is 0 Å². The fourth-order valence-corrected chi connectivity index (χ4v) is 2.52. The SMILES string of the molecule is CCOc1ccc(/C=C/C(=O)NCCNC(=O)/C=C/c2ccc(OCC)cc2)cc1. The highest BCUT2D eigenvalue weighted by atomic mass is 16.5. The average Bonchev–Trinajstić information content (AvgIpc) is 2.76. The van der Waals surface area contributed by atoms with Gasteiger partial charge in [0.15, 0.2) is 0 Å². The molecule has 2 amide bonds. The number of hydrogen-bond acceptors (Lipinski definition) is 4. The molecule has 0 radical (unpaired) electrons. The Bertz CT molecular complexity index is 782. The Morgan fingerprint density at radius 3 is 1.40 bits per heavy atom. The molecule has 0 heterocycles. The van der Waals surface area contributed by atoms with Gasteiger partial charge in [0.05, 0.1) is 13.2 Å². The van der Waals surface area contributed by atoms with Gasteiger partial charge in [-0.15, -0.1) is 0 Å². The van der Waals surface area contributed by atoms with Crippen LogP contribution in [0.3, 0.4) is 0 Å². The Balaban J connectivity index is 1.65. The topological polar surface area (TPSA) is 76.7 Å². The van der Waals surface area contributed by atoms with Crippen LogP contribution < -0.4 is 20.1 Å². The molecule has 0 aliphatic rings. The molecule has 6 heteroatoms. The van der Waals surface area contributed by atoms with Gasteiger partial charge >= 0.3 is 0 Å². The Morgan fingerprint density at radius 1 is 0.700 bits per heavy atom. The minimum absolute atomic E-state index is 0.219. The Morgan fingerprint density at radius 2 is 1.07 bits per heavy atom. The second kappa shape index (κ2) is 12.8. The van der Waals surface area contributed by atoms with Gasteiger partial charge in [-0.1, -0.05) is 24.3 Å². The normalized spacial score (nSPS) is 10.9. The van der Waals surface area contributed by atoms with Crippen molar-refractivity contribution in [1.82, 2.24) is 10.6 Å². The molecule has 0 aliphatic heterocycles. The number of nitrogens with one attached hydrogen (secondary N) is 2. The van der Waals surface area contributed by atoms with Gasteiger partial charge in [0.2, 0.25) is 11.8 Å². The molecule has 6 nitrogen and oxygen atoms in total. The monoisotopic (exact) mass is 408 g/mol. The maximum atomic E-state index is 11.9. The van der Waals surface area contributed by atoms with Crippen molar-refractivity contribution in [1.29, 1.82) is 0 Å². The highest BCUT2D eigenvalue weighted by Crippen LogP contribution is 2.13. The largest absolute Gasteiger partial charge is 0.494 e. The summed E-state index contributed by atoms with van der Waals surface area (Å²) >= 11 is 0. The Hall–Kier alpha value is -3.54. The maximum Gasteiger partial charge on any atom is 0.244 e. The Kier molecular flexibility index (Phi) is 9.73. The van der Waals surface area contributed by atoms with E-state index in [9.17, 15) is 9.59 Å². The highest BCUT2D eigenvalue weighted by molar-refractivity contribution is 5.92. The number of carbonyl (C=O) groups is 2. The zero-order valence-electron chi connectivity index (χ0n) is 17.4. The van der Waals surface area contributed by atoms with Gasteiger partial charge in [-0.3, -0.25) is 9.59 Å². The van der Waals surface area contributed by atoms with Gasteiger partial charge in [-0.25, -0.2) is 0 Å². The molecule has 0 saturated heterocycles. The van der Waals surface area contributed by atoms with Gasteiger partial charge < -0.3 is 20.1 Å². The average molecular weight is 408 g/mol. The van der Waals surface area contributed by atoms with Crippen molar-refractivity contribution in [2.45, 2.75) is 13.8 Å². The third kappa shape index (κ3) is 8.65. The van der Waals surface area contributed by atoms with E-state index in [2.05, 4.69) is 10.6 Å². The van der Waals surface area contributed by atoms with Crippen LogP contribution in [0.15, 0.2) is 60.7 Å². The predicted molar refractivity (Wildman–Crippen MR) is 119 cm³/mol. The fraction of sp³-hybridized carbons (Fsp3) is 0.250. The lowest BCUT2D eigenvalue weighted by Crippen LogP contribution is -2.33. The number of rotatable bonds is 11. The van der Waals surface area contributed by atoms with Gasteiger partial charge in [0.1, 0.15) is 11.5 Å². The zero-order valence-corrected chi connectivity index (χ0v) is 17.4. The molecule has 2 rings (SSSR count). The third-order valence-electron chi connectivity index (χ3n) is 3.96. The molecule has 2 aromatic carbocycles. The van der Waals surface area contributed by atoms with E-state index in [-0.39, 0.29) is 11.8 Å². The number of amides is 2. The van der Waals surface area contributed by atoms with Crippen LogP contribution in [0.1, 0.15) is 25.0 Å². The van der Waals surface area contributed by atoms with Crippen molar-refractivity contribution < 1.29 is 19.1 Å². The Labute approximate surface area is 177 Å². The molecule has 0 fully saturated rings. The minimum Gasteiger partial charge on any atom is -0.494 e. The van der Waals surface area contributed by atoms with E-state index >= 15 is 0 Å². The highest BCUT2D eigenvalue weighted by Gasteiger charge is 1.98. The predicted octanol–water partition coefficient (Wildman–Crippen LogP) is 3.44. The first kappa shape index (κ1) is 22.7. The molecule has 0 unspecified atom stereocenters. The van der Waals surface area contributed by atoms with Crippen LogP contribution in [0, 0.1) is 0 Å².